The second-order valence-corrected chi connectivity index (χ2v) is 3.77. The van der Waals surface area contributed by atoms with E-state index in [1.807, 2.05) is 0 Å². The van der Waals surface area contributed by atoms with Gasteiger partial charge >= 0.3 is 6.09 Å². The van der Waals surface area contributed by atoms with Gasteiger partial charge in [-0.3, -0.25) is 0 Å². The number of hydrogen-bond acceptors (Lipinski definition) is 3. The topological polar surface area (TPSA) is 47.4 Å². The van der Waals surface area contributed by atoms with Crippen LogP contribution in [-0.4, -0.2) is 33.8 Å². The standard InChI is InChI=1S/C9H12ClN3O2/c10-8-11-4-7-13(8)15-9(14)12-5-2-1-3-6-12/h4,7H,1-3,5-6H2. The van der Waals surface area contributed by atoms with Gasteiger partial charge in [-0.2, -0.15) is 0 Å². The third kappa shape index (κ3) is 2.41. The molecule has 1 saturated heterocycles. The van der Waals surface area contributed by atoms with E-state index in [0.29, 0.717) is 0 Å². The Balaban J connectivity index is 1.94. The highest BCUT2D eigenvalue weighted by molar-refractivity contribution is 6.28. The van der Waals surface area contributed by atoms with Gasteiger partial charge in [0.15, 0.2) is 0 Å². The van der Waals surface area contributed by atoms with Crippen LogP contribution in [0.15, 0.2) is 12.4 Å². The first-order valence-electron chi connectivity index (χ1n) is 4.93. The number of carbonyl (C=O) groups is 1. The van der Waals surface area contributed by atoms with Gasteiger partial charge < -0.3 is 9.74 Å². The summed E-state index contributed by atoms with van der Waals surface area (Å²) < 4.78 is 1.17. The highest BCUT2D eigenvalue weighted by atomic mass is 35.5. The van der Waals surface area contributed by atoms with E-state index < -0.39 is 0 Å². The summed E-state index contributed by atoms with van der Waals surface area (Å²) in [5, 5.41) is 0.153. The molecule has 0 atom stereocenters. The number of aromatic nitrogens is 2. The second kappa shape index (κ2) is 4.53. The lowest BCUT2D eigenvalue weighted by Crippen LogP contribution is -2.40. The number of nitrogens with zero attached hydrogens (tertiary/aromatic N) is 3. The van der Waals surface area contributed by atoms with E-state index in [-0.39, 0.29) is 11.4 Å². The van der Waals surface area contributed by atoms with E-state index in [2.05, 4.69) is 4.98 Å². The summed E-state index contributed by atoms with van der Waals surface area (Å²) in [6, 6.07) is 0. The average Bonchev–Trinajstić information content (AvgIpc) is 2.66. The van der Waals surface area contributed by atoms with Crippen molar-refractivity contribution in [3.8, 4) is 0 Å². The fraction of sp³-hybridized carbons (Fsp3) is 0.556. The largest absolute Gasteiger partial charge is 0.434 e. The minimum atomic E-state index is -0.366. The van der Waals surface area contributed by atoms with Crippen LogP contribution in [0.4, 0.5) is 4.79 Å². The predicted molar refractivity (Wildman–Crippen MR) is 54.6 cm³/mol. The minimum Gasteiger partial charge on any atom is -0.314 e. The number of imidazole rings is 1. The second-order valence-electron chi connectivity index (χ2n) is 3.43. The van der Waals surface area contributed by atoms with Crippen molar-refractivity contribution in [3.05, 3.63) is 17.7 Å². The Morgan fingerprint density at radius 2 is 2.13 bits per heavy atom. The maximum atomic E-state index is 11.6. The third-order valence-corrected chi connectivity index (χ3v) is 2.62. The van der Waals surface area contributed by atoms with Crippen LogP contribution in [0.1, 0.15) is 19.3 Å². The number of carbonyl (C=O) groups excluding carboxylic acids is 1. The summed E-state index contributed by atoms with van der Waals surface area (Å²) in [4.78, 5) is 22.1. The van der Waals surface area contributed by atoms with Crippen molar-refractivity contribution >= 4 is 17.7 Å². The Morgan fingerprint density at radius 3 is 2.73 bits per heavy atom. The molecule has 82 valence electrons. The Morgan fingerprint density at radius 1 is 1.40 bits per heavy atom. The maximum absolute atomic E-state index is 11.6. The van der Waals surface area contributed by atoms with Crippen molar-refractivity contribution in [1.82, 2.24) is 14.6 Å². The third-order valence-electron chi connectivity index (χ3n) is 2.36. The van der Waals surface area contributed by atoms with Crippen molar-refractivity contribution in [1.29, 1.82) is 0 Å². The number of rotatable bonds is 1. The monoisotopic (exact) mass is 229 g/mol. The normalized spacial score (nSPS) is 16.5. The first kappa shape index (κ1) is 10.3. The molecule has 2 rings (SSSR count). The molecule has 6 heteroatoms. The molecular formula is C9H12ClN3O2. The van der Waals surface area contributed by atoms with Crippen LogP contribution in [-0.2, 0) is 0 Å². The van der Waals surface area contributed by atoms with Gasteiger partial charge in [-0.05, 0) is 30.9 Å². The fourth-order valence-corrected chi connectivity index (χ4v) is 1.71. The van der Waals surface area contributed by atoms with Crippen LogP contribution >= 0.6 is 11.6 Å². The molecule has 15 heavy (non-hydrogen) atoms. The van der Waals surface area contributed by atoms with E-state index in [1.54, 1.807) is 4.90 Å². The van der Waals surface area contributed by atoms with Crippen LogP contribution in [0.3, 0.4) is 0 Å². The molecule has 1 aliphatic heterocycles. The first-order chi connectivity index (χ1) is 7.27. The molecule has 5 nitrogen and oxygen atoms in total. The zero-order valence-electron chi connectivity index (χ0n) is 8.23. The van der Waals surface area contributed by atoms with Gasteiger partial charge in [-0.15, -0.1) is 4.73 Å². The molecule has 0 radical (unpaired) electrons. The Kier molecular flexibility index (Phi) is 3.11. The van der Waals surface area contributed by atoms with Gasteiger partial charge in [0.2, 0.25) is 5.28 Å². The molecule has 0 N–H and O–H groups in total. The van der Waals surface area contributed by atoms with E-state index in [0.717, 1.165) is 25.9 Å². The summed E-state index contributed by atoms with van der Waals surface area (Å²) in [5.74, 6) is 0. The van der Waals surface area contributed by atoms with Crippen LogP contribution in [0.2, 0.25) is 5.28 Å². The van der Waals surface area contributed by atoms with Gasteiger partial charge in [0.05, 0.1) is 12.4 Å². The van der Waals surface area contributed by atoms with Crippen LogP contribution in [0, 0.1) is 0 Å². The number of likely N-dealkylation sites (tertiary alicyclic amines) is 1. The van der Waals surface area contributed by atoms with Gasteiger partial charge in [-0.25, -0.2) is 9.78 Å². The SMILES string of the molecule is O=C(On1ccnc1Cl)N1CCCCC1. The Bertz CT molecular complexity index is 347. The summed E-state index contributed by atoms with van der Waals surface area (Å²) >= 11 is 5.68. The summed E-state index contributed by atoms with van der Waals surface area (Å²) in [5.41, 5.74) is 0. The summed E-state index contributed by atoms with van der Waals surface area (Å²) in [6.07, 6.45) is 5.86. The minimum absolute atomic E-state index is 0.153. The van der Waals surface area contributed by atoms with Crippen LogP contribution in [0.25, 0.3) is 0 Å². The summed E-state index contributed by atoms with van der Waals surface area (Å²) in [7, 11) is 0. The van der Waals surface area contributed by atoms with Gasteiger partial charge in [0.25, 0.3) is 0 Å². The molecule has 0 aromatic carbocycles. The lowest BCUT2D eigenvalue weighted by molar-refractivity contribution is 0.0860. The molecule has 2 heterocycles. The van der Waals surface area contributed by atoms with Crippen molar-refractivity contribution in [3.63, 3.8) is 0 Å². The van der Waals surface area contributed by atoms with Crippen molar-refractivity contribution < 1.29 is 9.63 Å². The Labute approximate surface area is 92.5 Å². The smallest absolute Gasteiger partial charge is 0.314 e. The zero-order valence-corrected chi connectivity index (χ0v) is 8.98. The van der Waals surface area contributed by atoms with Crippen molar-refractivity contribution in [2.24, 2.45) is 0 Å². The molecule has 1 amide bonds. The van der Waals surface area contributed by atoms with Crippen LogP contribution < -0.4 is 4.84 Å². The fourth-order valence-electron chi connectivity index (χ4n) is 1.56. The lowest BCUT2D eigenvalue weighted by atomic mass is 10.1. The number of hydrogen-bond donors (Lipinski definition) is 0. The molecule has 0 saturated carbocycles. The quantitative estimate of drug-likeness (QED) is 0.735. The number of amides is 1. The van der Waals surface area contributed by atoms with Gasteiger partial charge in [0.1, 0.15) is 0 Å². The van der Waals surface area contributed by atoms with Crippen LogP contribution in [0.5, 0.6) is 0 Å². The highest BCUT2D eigenvalue weighted by Gasteiger charge is 2.19. The molecule has 0 spiro atoms. The van der Waals surface area contributed by atoms with E-state index in [1.165, 1.54) is 23.5 Å². The highest BCUT2D eigenvalue weighted by Crippen LogP contribution is 2.10. The van der Waals surface area contributed by atoms with Crippen molar-refractivity contribution in [2.45, 2.75) is 19.3 Å². The number of piperidine rings is 1. The van der Waals surface area contributed by atoms with Crippen molar-refractivity contribution in [2.75, 3.05) is 13.1 Å². The molecule has 1 aliphatic rings. The zero-order chi connectivity index (χ0) is 10.7. The molecule has 0 bridgehead atoms. The summed E-state index contributed by atoms with van der Waals surface area (Å²) in [6.45, 7) is 1.51. The first-order valence-corrected chi connectivity index (χ1v) is 5.31. The van der Waals surface area contributed by atoms with E-state index in [4.69, 9.17) is 16.4 Å². The molecular weight excluding hydrogens is 218 g/mol. The van der Waals surface area contributed by atoms with Gasteiger partial charge in [-0.1, -0.05) is 0 Å². The molecule has 1 aromatic rings. The predicted octanol–water partition coefficient (Wildman–Crippen LogP) is 1.57. The molecule has 0 aliphatic carbocycles. The molecule has 1 fully saturated rings. The van der Waals surface area contributed by atoms with E-state index in [9.17, 15) is 4.79 Å². The van der Waals surface area contributed by atoms with E-state index >= 15 is 0 Å². The lowest BCUT2D eigenvalue weighted by Gasteiger charge is -2.25. The molecule has 0 unspecified atom stereocenters. The average molecular weight is 230 g/mol. The molecule has 1 aromatic heterocycles. The maximum Gasteiger partial charge on any atom is 0.434 e. The number of halogens is 1. The Hall–Kier alpha value is -1.23. The van der Waals surface area contributed by atoms with Gasteiger partial charge in [0, 0.05) is 13.1 Å².